The number of halogens is 1. The molecule has 0 radical (unpaired) electrons. The van der Waals surface area contributed by atoms with E-state index in [1.54, 1.807) is 0 Å². The van der Waals surface area contributed by atoms with Crippen LogP contribution in [0, 0.1) is 6.92 Å². The van der Waals surface area contributed by atoms with Gasteiger partial charge in [-0.05, 0) is 34.5 Å². The van der Waals surface area contributed by atoms with Gasteiger partial charge in [-0.2, -0.15) is 0 Å². The second-order valence-electron chi connectivity index (χ2n) is 3.31. The van der Waals surface area contributed by atoms with Gasteiger partial charge < -0.3 is 4.74 Å². The summed E-state index contributed by atoms with van der Waals surface area (Å²) >= 11 is 4.77. The second kappa shape index (κ2) is 4.93. The van der Waals surface area contributed by atoms with Crippen molar-refractivity contribution in [1.82, 2.24) is 9.97 Å². The van der Waals surface area contributed by atoms with E-state index in [2.05, 4.69) is 25.9 Å². The summed E-state index contributed by atoms with van der Waals surface area (Å²) in [6.45, 7) is 1.94. The van der Waals surface area contributed by atoms with Gasteiger partial charge in [0.25, 0.3) is 0 Å². The van der Waals surface area contributed by atoms with Crippen LogP contribution in [-0.2, 0) is 0 Å². The number of ketones is 1. The van der Waals surface area contributed by atoms with E-state index in [-0.39, 0.29) is 17.4 Å². The number of aromatic nitrogens is 2. The highest BCUT2D eigenvalue weighted by molar-refractivity contribution is 9.11. The molecule has 0 spiro atoms. The van der Waals surface area contributed by atoms with Crippen LogP contribution in [0.4, 0.5) is 0 Å². The topological polar surface area (TPSA) is 52.1 Å². The van der Waals surface area contributed by atoms with Gasteiger partial charge in [0.05, 0.1) is 15.8 Å². The minimum atomic E-state index is -0.172. The summed E-state index contributed by atoms with van der Waals surface area (Å²) in [5.41, 5.74) is 1.27. The first-order valence-electron chi connectivity index (χ1n) is 4.79. The molecule has 2 aromatic heterocycles. The zero-order valence-corrected chi connectivity index (χ0v) is 11.6. The lowest BCUT2D eigenvalue weighted by molar-refractivity contribution is 0.103. The minimum Gasteiger partial charge on any atom is -0.479 e. The van der Waals surface area contributed by atoms with E-state index in [0.717, 1.165) is 9.35 Å². The lowest BCUT2D eigenvalue weighted by Gasteiger charge is -2.02. The lowest BCUT2D eigenvalue weighted by atomic mass is 10.2. The van der Waals surface area contributed by atoms with Crippen LogP contribution in [0.25, 0.3) is 0 Å². The van der Waals surface area contributed by atoms with Gasteiger partial charge in [0.2, 0.25) is 11.7 Å². The fraction of sp³-hybridized carbons (Fsp3) is 0.182. The van der Waals surface area contributed by atoms with Crippen LogP contribution in [0.15, 0.2) is 22.2 Å². The van der Waals surface area contributed by atoms with Gasteiger partial charge in [-0.1, -0.05) is 0 Å². The Labute approximate surface area is 111 Å². The Morgan fingerprint density at radius 3 is 2.71 bits per heavy atom. The maximum atomic E-state index is 12.2. The number of hydrogen-bond acceptors (Lipinski definition) is 5. The number of aryl methyl sites for hydroxylation is 1. The van der Waals surface area contributed by atoms with Gasteiger partial charge >= 0.3 is 0 Å². The summed E-state index contributed by atoms with van der Waals surface area (Å²) < 4.78 is 5.97. The summed E-state index contributed by atoms with van der Waals surface area (Å²) in [6, 6.07) is 1.82. The molecule has 0 aliphatic carbocycles. The molecule has 2 rings (SSSR count). The molecule has 4 nitrogen and oxygen atoms in total. The Morgan fingerprint density at radius 1 is 1.41 bits per heavy atom. The first-order valence-corrected chi connectivity index (χ1v) is 6.40. The van der Waals surface area contributed by atoms with Crippen LogP contribution in [0.5, 0.6) is 5.88 Å². The molecular formula is C11H9BrN2O2S. The number of hydrogen-bond donors (Lipinski definition) is 0. The Balaban J connectivity index is 2.43. The van der Waals surface area contributed by atoms with E-state index in [0.29, 0.717) is 4.88 Å². The first kappa shape index (κ1) is 12.2. The van der Waals surface area contributed by atoms with Crippen molar-refractivity contribution < 1.29 is 9.53 Å². The van der Waals surface area contributed by atoms with Crippen molar-refractivity contribution in [2.45, 2.75) is 6.92 Å². The zero-order chi connectivity index (χ0) is 12.4. The molecular weight excluding hydrogens is 304 g/mol. The summed E-state index contributed by atoms with van der Waals surface area (Å²) in [6.07, 6.45) is 2.97. The van der Waals surface area contributed by atoms with Crippen molar-refractivity contribution in [3.8, 4) is 5.88 Å². The molecule has 0 aliphatic heterocycles. The molecule has 0 fully saturated rings. The third-order valence-electron chi connectivity index (χ3n) is 2.15. The Hall–Kier alpha value is -1.27. The van der Waals surface area contributed by atoms with E-state index < -0.39 is 0 Å². The van der Waals surface area contributed by atoms with Crippen LogP contribution in [0.1, 0.15) is 20.9 Å². The standard InChI is InChI=1S/C11H9BrN2O2S/c1-6-5-7(17-10(6)12)9(15)8-11(16-2)14-4-3-13-8/h3-5H,1-2H3. The number of methoxy groups -OCH3 is 1. The predicted octanol–water partition coefficient (Wildman–Crippen LogP) is 2.85. The molecule has 0 bridgehead atoms. The maximum Gasteiger partial charge on any atom is 0.243 e. The van der Waals surface area contributed by atoms with Crippen molar-refractivity contribution in [3.63, 3.8) is 0 Å². The molecule has 2 aromatic rings. The molecule has 0 saturated carbocycles. The SMILES string of the molecule is COc1nccnc1C(=O)c1cc(C)c(Br)s1. The number of nitrogens with zero attached hydrogens (tertiary/aromatic N) is 2. The predicted molar refractivity (Wildman–Crippen MR) is 68.8 cm³/mol. The van der Waals surface area contributed by atoms with Crippen LogP contribution in [0.2, 0.25) is 0 Å². The molecule has 0 unspecified atom stereocenters. The average molecular weight is 313 g/mol. The summed E-state index contributed by atoms with van der Waals surface area (Å²) in [5, 5.41) is 0. The summed E-state index contributed by atoms with van der Waals surface area (Å²) in [5.74, 6) is 0.0772. The first-order chi connectivity index (χ1) is 8.13. The van der Waals surface area contributed by atoms with Crippen molar-refractivity contribution in [2.75, 3.05) is 7.11 Å². The molecule has 0 amide bonds. The number of thiophene rings is 1. The van der Waals surface area contributed by atoms with Crippen molar-refractivity contribution in [2.24, 2.45) is 0 Å². The van der Waals surface area contributed by atoms with Gasteiger partial charge in [-0.3, -0.25) is 4.79 Å². The van der Waals surface area contributed by atoms with E-state index >= 15 is 0 Å². The van der Waals surface area contributed by atoms with Crippen molar-refractivity contribution >= 4 is 33.0 Å². The third kappa shape index (κ3) is 2.37. The van der Waals surface area contributed by atoms with Crippen molar-refractivity contribution in [3.05, 3.63) is 38.4 Å². The Bertz CT molecular complexity index is 549. The van der Waals surface area contributed by atoms with E-state index in [1.807, 2.05) is 13.0 Å². The monoisotopic (exact) mass is 312 g/mol. The largest absolute Gasteiger partial charge is 0.479 e. The molecule has 17 heavy (non-hydrogen) atoms. The summed E-state index contributed by atoms with van der Waals surface area (Å²) in [4.78, 5) is 20.8. The smallest absolute Gasteiger partial charge is 0.243 e. The highest BCUT2D eigenvalue weighted by Gasteiger charge is 2.19. The Morgan fingerprint density at radius 2 is 2.12 bits per heavy atom. The molecule has 88 valence electrons. The van der Waals surface area contributed by atoms with Gasteiger partial charge in [0.15, 0.2) is 5.69 Å². The quantitative estimate of drug-likeness (QED) is 0.818. The lowest BCUT2D eigenvalue weighted by Crippen LogP contribution is -2.06. The van der Waals surface area contributed by atoms with Gasteiger partial charge in [-0.25, -0.2) is 9.97 Å². The maximum absolute atomic E-state index is 12.2. The van der Waals surface area contributed by atoms with Crippen LogP contribution < -0.4 is 4.74 Å². The molecule has 0 atom stereocenters. The van der Waals surface area contributed by atoms with Gasteiger partial charge in [-0.15, -0.1) is 11.3 Å². The number of carbonyl (C=O) groups is 1. The zero-order valence-electron chi connectivity index (χ0n) is 9.23. The molecule has 6 heteroatoms. The normalized spacial score (nSPS) is 10.3. The fourth-order valence-electron chi connectivity index (χ4n) is 1.32. The summed E-state index contributed by atoms with van der Waals surface area (Å²) in [7, 11) is 1.47. The van der Waals surface area contributed by atoms with Crippen LogP contribution in [-0.4, -0.2) is 22.9 Å². The van der Waals surface area contributed by atoms with E-state index in [4.69, 9.17) is 4.74 Å². The van der Waals surface area contributed by atoms with Gasteiger partial charge in [0.1, 0.15) is 0 Å². The molecule has 0 N–H and O–H groups in total. The molecule has 0 aliphatic rings. The second-order valence-corrected chi connectivity index (χ2v) is 5.68. The Kier molecular flexibility index (Phi) is 3.54. The average Bonchev–Trinajstić information content (AvgIpc) is 2.68. The van der Waals surface area contributed by atoms with Crippen molar-refractivity contribution in [1.29, 1.82) is 0 Å². The number of rotatable bonds is 3. The number of ether oxygens (including phenoxy) is 1. The minimum absolute atomic E-state index is 0.172. The highest BCUT2D eigenvalue weighted by atomic mass is 79.9. The molecule has 0 saturated heterocycles. The molecule has 2 heterocycles. The third-order valence-corrected chi connectivity index (χ3v) is 4.29. The van der Waals surface area contributed by atoms with Crippen LogP contribution >= 0.6 is 27.3 Å². The molecule has 0 aromatic carbocycles. The fourth-order valence-corrected chi connectivity index (χ4v) is 2.79. The van der Waals surface area contributed by atoms with Crippen LogP contribution in [0.3, 0.4) is 0 Å². The van der Waals surface area contributed by atoms with Gasteiger partial charge in [0, 0.05) is 12.4 Å². The number of carbonyl (C=O) groups excluding carboxylic acids is 1. The van der Waals surface area contributed by atoms with E-state index in [1.165, 1.54) is 30.8 Å². The van der Waals surface area contributed by atoms with E-state index in [9.17, 15) is 4.79 Å². The highest BCUT2D eigenvalue weighted by Crippen LogP contribution is 2.29.